The Kier molecular flexibility index (Phi) is 7.61. The second-order valence-electron chi connectivity index (χ2n) is 3.02. The summed E-state index contributed by atoms with van der Waals surface area (Å²) in [6.45, 7) is 3.67. The number of hydrogen-bond acceptors (Lipinski definition) is 3. The standard InChI is InChI=1S/C9H19NOS/c1-4-5-9(11)8-10(2)6-7-12-3/h4-8H2,1-3H3. The Morgan fingerprint density at radius 2 is 2.17 bits per heavy atom. The van der Waals surface area contributed by atoms with Crippen LogP contribution in [0.25, 0.3) is 0 Å². The molecule has 0 aromatic carbocycles. The molecule has 0 heterocycles. The van der Waals surface area contributed by atoms with Gasteiger partial charge in [0.2, 0.25) is 0 Å². The van der Waals surface area contributed by atoms with Crippen molar-refractivity contribution in [3.8, 4) is 0 Å². The van der Waals surface area contributed by atoms with E-state index in [2.05, 4.69) is 11.2 Å². The number of rotatable bonds is 7. The van der Waals surface area contributed by atoms with Crippen molar-refractivity contribution in [2.24, 2.45) is 0 Å². The Hall–Kier alpha value is -0.0200. The van der Waals surface area contributed by atoms with Crippen LogP contribution in [-0.4, -0.2) is 42.8 Å². The summed E-state index contributed by atoms with van der Waals surface area (Å²) in [5, 5.41) is 0. The Bertz CT molecular complexity index is 128. The maximum Gasteiger partial charge on any atom is 0.146 e. The van der Waals surface area contributed by atoms with Gasteiger partial charge >= 0.3 is 0 Å². The first-order chi connectivity index (χ1) is 5.70. The molecule has 0 radical (unpaired) electrons. The van der Waals surface area contributed by atoms with Crippen LogP contribution in [0.15, 0.2) is 0 Å². The van der Waals surface area contributed by atoms with Gasteiger partial charge < -0.3 is 0 Å². The van der Waals surface area contributed by atoms with Crippen molar-refractivity contribution >= 4 is 17.5 Å². The lowest BCUT2D eigenvalue weighted by Gasteiger charge is -2.14. The summed E-state index contributed by atoms with van der Waals surface area (Å²) >= 11 is 1.82. The number of hydrogen-bond donors (Lipinski definition) is 0. The van der Waals surface area contributed by atoms with Crippen LogP contribution < -0.4 is 0 Å². The highest BCUT2D eigenvalue weighted by Gasteiger charge is 2.04. The van der Waals surface area contributed by atoms with Crippen LogP contribution in [0.3, 0.4) is 0 Å². The van der Waals surface area contributed by atoms with Gasteiger partial charge in [0, 0.05) is 18.7 Å². The molecule has 0 bridgehead atoms. The van der Waals surface area contributed by atoms with E-state index in [-0.39, 0.29) is 0 Å². The van der Waals surface area contributed by atoms with Gasteiger partial charge in [-0.15, -0.1) is 0 Å². The Morgan fingerprint density at radius 1 is 1.50 bits per heavy atom. The molecule has 0 rings (SSSR count). The highest BCUT2D eigenvalue weighted by molar-refractivity contribution is 7.98. The molecule has 3 heteroatoms. The predicted molar refractivity (Wildman–Crippen MR) is 55.8 cm³/mol. The lowest BCUT2D eigenvalue weighted by molar-refractivity contribution is -0.119. The zero-order valence-electron chi connectivity index (χ0n) is 8.30. The number of carbonyl (C=O) groups excluding carboxylic acids is 1. The topological polar surface area (TPSA) is 20.3 Å². The number of thioether (sulfide) groups is 1. The SMILES string of the molecule is CCCC(=O)CN(C)CCSC. The molecule has 0 saturated heterocycles. The van der Waals surface area contributed by atoms with Gasteiger partial charge in [0.25, 0.3) is 0 Å². The largest absolute Gasteiger partial charge is 0.298 e. The van der Waals surface area contributed by atoms with Crippen molar-refractivity contribution in [2.45, 2.75) is 19.8 Å². The minimum atomic E-state index is 0.362. The molecule has 0 amide bonds. The fourth-order valence-electron chi connectivity index (χ4n) is 0.985. The second-order valence-corrected chi connectivity index (χ2v) is 4.00. The Balaban J connectivity index is 3.40. The molecule has 0 atom stereocenters. The fraction of sp³-hybridized carbons (Fsp3) is 0.889. The summed E-state index contributed by atoms with van der Waals surface area (Å²) < 4.78 is 0. The minimum Gasteiger partial charge on any atom is -0.298 e. The molecule has 0 unspecified atom stereocenters. The van der Waals surface area contributed by atoms with E-state index in [0.29, 0.717) is 12.3 Å². The average molecular weight is 189 g/mol. The van der Waals surface area contributed by atoms with Crippen molar-refractivity contribution < 1.29 is 4.79 Å². The van der Waals surface area contributed by atoms with Crippen LogP contribution >= 0.6 is 11.8 Å². The lowest BCUT2D eigenvalue weighted by Crippen LogP contribution is -2.27. The zero-order valence-corrected chi connectivity index (χ0v) is 9.12. The van der Waals surface area contributed by atoms with Gasteiger partial charge in [0.1, 0.15) is 5.78 Å². The van der Waals surface area contributed by atoms with Crippen molar-refractivity contribution in [3.63, 3.8) is 0 Å². The van der Waals surface area contributed by atoms with Gasteiger partial charge in [-0.3, -0.25) is 9.69 Å². The summed E-state index contributed by atoms with van der Waals surface area (Å²) in [5.74, 6) is 1.47. The molecule has 0 N–H and O–H groups in total. The Morgan fingerprint density at radius 3 is 2.67 bits per heavy atom. The molecule has 0 spiro atoms. The number of ketones is 1. The van der Waals surface area contributed by atoms with E-state index in [9.17, 15) is 4.79 Å². The second kappa shape index (κ2) is 7.62. The van der Waals surface area contributed by atoms with E-state index in [1.165, 1.54) is 0 Å². The molecule has 0 aliphatic heterocycles. The molecule has 12 heavy (non-hydrogen) atoms. The van der Waals surface area contributed by atoms with Crippen molar-refractivity contribution in [3.05, 3.63) is 0 Å². The summed E-state index contributed by atoms with van der Waals surface area (Å²) in [4.78, 5) is 13.3. The first kappa shape index (κ1) is 12.0. The number of Topliss-reactive ketones (excluding diaryl/α,β-unsaturated/α-hetero) is 1. The predicted octanol–water partition coefficient (Wildman–Crippen LogP) is 1.65. The number of nitrogens with zero attached hydrogens (tertiary/aromatic N) is 1. The van der Waals surface area contributed by atoms with E-state index >= 15 is 0 Å². The van der Waals surface area contributed by atoms with E-state index in [4.69, 9.17) is 0 Å². The van der Waals surface area contributed by atoms with Gasteiger partial charge in [-0.25, -0.2) is 0 Å². The van der Waals surface area contributed by atoms with Gasteiger partial charge in [0.15, 0.2) is 0 Å². The van der Waals surface area contributed by atoms with Crippen LogP contribution in [0, 0.1) is 0 Å². The van der Waals surface area contributed by atoms with Crippen LogP contribution in [0.4, 0.5) is 0 Å². The highest BCUT2D eigenvalue weighted by atomic mass is 32.2. The first-order valence-corrected chi connectivity index (χ1v) is 5.79. The molecular weight excluding hydrogens is 170 g/mol. The molecule has 0 aliphatic rings. The van der Waals surface area contributed by atoms with Gasteiger partial charge in [-0.05, 0) is 19.7 Å². The molecule has 0 aromatic rings. The van der Waals surface area contributed by atoms with Crippen molar-refractivity contribution in [2.75, 3.05) is 32.1 Å². The molecule has 0 aromatic heterocycles. The summed E-state index contributed by atoms with van der Waals surface area (Å²) in [6, 6.07) is 0. The quantitative estimate of drug-likeness (QED) is 0.607. The van der Waals surface area contributed by atoms with Gasteiger partial charge in [-0.1, -0.05) is 6.92 Å². The molecule has 0 aliphatic carbocycles. The fourth-order valence-corrected chi connectivity index (χ4v) is 1.48. The van der Waals surface area contributed by atoms with Crippen LogP contribution in [0.5, 0.6) is 0 Å². The summed E-state index contributed by atoms with van der Waals surface area (Å²) in [6.07, 6.45) is 3.78. The lowest BCUT2D eigenvalue weighted by atomic mass is 10.2. The normalized spacial score (nSPS) is 10.7. The third-order valence-electron chi connectivity index (χ3n) is 1.65. The monoisotopic (exact) mass is 189 g/mol. The maximum atomic E-state index is 11.2. The molecular formula is C9H19NOS. The summed E-state index contributed by atoms with van der Waals surface area (Å²) in [7, 11) is 2.00. The van der Waals surface area contributed by atoms with Crippen LogP contribution in [-0.2, 0) is 4.79 Å². The van der Waals surface area contributed by atoms with E-state index < -0.39 is 0 Å². The van der Waals surface area contributed by atoms with Crippen LogP contribution in [0.2, 0.25) is 0 Å². The third kappa shape index (κ3) is 6.68. The first-order valence-electron chi connectivity index (χ1n) is 4.39. The Labute approximate surface area is 79.7 Å². The van der Waals surface area contributed by atoms with Gasteiger partial charge in [-0.2, -0.15) is 11.8 Å². The van der Waals surface area contributed by atoms with E-state index in [0.717, 1.165) is 25.1 Å². The molecule has 72 valence electrons. The summed E-state index contributed by atoms with van der Waals surface area (Å²) in [5.41, 5.74) is 0. The molecule has 0 saturated carbocycles. The minimum absolute atomic E-state index is 0.362. The molecule has 0 fully saturated rings. The maximum absolute atomic E-state index is 11.2. The zero-order chi connectivity index (χ0) is 9.40. The third-order valence-corrected chi connectivity index (χ3v) is 2.24. The number of carbonyl (C=O) groups is 1. The van der Waals surface area contributed by atoms with Crippen molar-refractivity contribution in [1.29, 1.82) is 0 Å². The smallest absolute Gasteiger partial charge is 0.146 e. The molecule has 2 nitrogen and oxygen atoms in total. The van der Waals surface area contributed by atoms with Crippen LogP contribution in [0.1, 0.15) is 19.8 Å². The highest BCUT2D eigenvalue weighted by Crippen LogP contribution is 1.95. The van der Waals surface area contributed by atoms with E-state index in [1.807, 2.05) is 25.7 Å². The average Bonchev–Trinajstić information content (AvgIpc) is 2.01. The van der Waals surface area contributed by atoms with E-state index in [1.54, 1.807) is 0 Å². The van der Waals surface area contributed by atoms with Gasteiger partial charge in [0.05, 0.1) is 6.54 Å². The van der Waals surface area contributed by atoms with Crippen molar-refractivity contribution in [1.82, 2.24) is 4.90 Å². The number of likely N-dealkylation sites (N-methyl/N-ethyl adjacent to an activating group) is 1.